The van der Waals surface area contributed by atoms with E-state index in [-0.39, 0.29) is 196 Å². The zero-order valence-electron chi connectivity index (χ0n) is 40.8. The largest absolute Gasteiger partial charge is 0.363 e. The van der Waals surface area contributed by atoms with E-state index in [2.05, 4.69) is 142 Å². The van der Waals surface area contributed by atoms with Gasteiger partial charge in [-0.15, -0.1) is 0 Å². The lowest BCUT2D eigenvalue weighted by Crippen LogP contribution is -2.61. The van der Waals surface area contributed by atoms with Gasteiger partial charge in [0.2, 0.25) is 0 Å². The fourth-order valence-electron chi connectivity index (χ4n) is 7.70. The van der Waals surface area contributed by atoms with Crippen LogP contribution in [-0.2, 0) is 0 Å². The molecular weight excluding hydrogens is 1080 g/mol. The molecular formula is C19H99N15Si23. The Balaban J connectivity index is 0.000000395. The molecule has 57 heavy (non-hydrogen) atoms. The fraction of sp³-hybridized carbons (Fsp3) is 1.00. The zero-order valence-corrected chi connectivity index (χ0v) is 75.1. The van der Waals surface area contributed by atoms with Crippen LogP contribution < -0.4 is 0 Å². The molecule has 0 spiro atoms. The van der Waals surface area contributed by atoms with Crippen molar-refractivity contribution in [2.45, 2.75) is 80.1 Å². The van der Waals surface area contributed by atoms with Gasteiger partial charge >= 0.3 is 0 Å². The van der Waals surface area contributed by atoms with Gasteiger partial charge in [0, 0.05) is 20.0 Å². The van der Waals surface area contributed by atoms with E-state index in [9.17, 15) is 0 Å². The SMILES string of the molecule is CCN1CN(CC)[SiH2]N([SiH2]C)[SiH2]1.CCN1CN([SiH2]C)[SiH2]N([SiH2]C)[SiH2]N([SiH2]C)[SiH2]1.CCN1CN([SiH2]C)[SiH2]N([SiH2]C)[SiH2]N([SiH2]C)[SiH2]N([SiH2]C)[SiH2]1.[SiH3]N1[SiH2]N([SiH3])[SiH2]N([SiH3])[SiH2]1. The second kappa shape index (κ2) is 36.5. The molecule has 0 atom stereocenters. The van der Waals surface area contributed by atoms with Gasteiger partial charge in [-0.05, 0) is 26.2 Å². The maximum atomic E-state index is 3.11. The van der Waals surface area contributed by atoms with Crippen LogP contribution in [0.3, 0.4) is 0 Å². The molecule has 4 fully saturated rings. The highest BCUT2D eigenvalue weighted by Crippen LogP contribution is 2.03. The zero-order chi connectivity index (χ0) is 42.8. The van der Waals surface area contributed by atoms with Crippen LogP contribution in [0.2, 0.25) is 52.4 Å². The lowest BCUT2D eigenvalue weighted by molar-refractivity contribution is 0.285. The van der Waals surface area contributed by atoms with Crippen LogP contribution >= 0.6 is 0 Å². The first-order valence-corrected chi connectivity index (χ1v) is 57.3. The summed E-state index contributed by atoms with van der Waals surface area (Å²) >= 11 is 0. The van der Waals surface area contributed by atoms with Gasteiger partial charge in [-0.2, -0.15) is 0 Å². The Morgan fingerprint density at radius 2 is 0.544 bits per heavy atom. The second-order valence-electron chi connectivity index (χ2n) is 16.5. The average molecular weight is 1180 g/mol. The van der Waals surface area contributed by atoms with Gasteiger partial charge in [0.05, 0.1) is 109 Å². The quantitative estimate of drug-likeness (QED) is 0.174. The minimum Gasteiger partial charge on any atom is -0.363 e. The van der Waals surface area contributed by atoms with E-state index in [1.807, 2.05) is 0 Å². The predicted octanol–water partition coefficient (Wildman–Crippen LogP) is -19.6. The first-order chi connectivity index (χ1) is 27.4. The molecule has 4 aliphatic heterocycles. The lowest BCUT2D eigenvalue weighted by Gasteiger charge is -2.41. The van der Waals surface area contributed by atoms with Crippen molar-refractivity contribution < 1.29 is 0 Å². The Bertz CT molecular complexity index is 807. The van der Waals surface area contributed by atoms with Gasteiger partial charge in [-0.1, -0.05) is 80.1 Å². The third-order valence-corrected chi connectivity index (χ3v) is 75.3. The van der Waals surface area contributed by atoms with Crippen molar-refractivity contribution >= 4 is 227 Å². The molecule has 15 nitrogen and oxygen atoms in total. The topological polar surface area (TPSA) is 48.6 Å². The van der Waals surface area contributed by atoms with Gasteiger partial charge in [0.25, 0.3) is 0 Å². The third kappa shape index (κ3) is 26.4. The van der Waals surface area contributed by atoms with Crippen LogP contribution in [0.1, 0.15) is 27.7 Å². The van der Waals surface area contributed by atoms with E-state index >= 15 is 0 Å². The Morgan fingerprint density at radius 1 is 0.316 bits per heavy atom. The van der Waals surface area contributed by atoms with E-state index in [1.165, 1.54) is 77.4 Å². The fourth-order valence-corrected chi connectivity index (χ4v) is 100. The molecule has 4 rings (SSSR count). The molecule has 0 N–H and O–H groups in total. The molecule has 4 aliphatic rings. The first-order valence-electron chi connectivity index (χ1n) is 23.1. The summed E-state index contributed by atoms with van der Waals surface area (Å²) in [6.07, 6.45) is 0. The minimum atomic E-state index is -0.0751. The molecule has 0 aromatic carbocycles. The molecule has 0 aliphatic carbocycles. The standard InChI is InChI=1S/C7H35N5Si8.C6H28N4Si6.C6H21N3Si3.H15N3Si6/c1-6-8-7-9(13-2)18-11(15-4)20-12(16-5)19-10(14-3)17-8;1-5-7-6-8(11-2)15-10(13-4)16-9(12-3)14-7;1-4-7-6-8(5-2)12-9(10-3)11-7;4-1-7-2(5)9-3(6)8-1/h6-7,13-20H2,1-5H3;5-6,11-16H2,1-4H3;4-6,10-12H2,1-3H3;7-9H2,4-6H3. The van der Waals surface area contributed by atoms with E-state index < -0.39 is 0 Å². The number of rotatable bonds is 12. The van der Waals surface area contributed by atoms with Crippen molar-refractivity contribution in [2.24, 2.45) is 0 Å². The highest BCUT2D eigenvalue weighted by molar-refractivity contribution is 6.79. The maximum Gasteiger partial charge on any atom is 0.160 e. The highest BCUT2D eigenvalue weighted by Gasteiger charge is 2.23. The summed E-state index contributed by atoms with van der Waals surface area (Å²) in [5, 5.41) is 0. The maximum absolute atomic E-state index is 3.11. The number of nitrogens with zero attached hydrogens (tertiary/aromatic N) is 15. The summed E-state index contributed by atoms with van der Waals surface area (Å²) in [6.45, 7) is 38.5. The van der Waals surface area contributed by atoms with Crippen molar-refractivity contribution in [3.63, 3.8) is 0 Å². The van der Waals surface area contributed by atoms with Gasteiger partial charge < -0.3 is 61.8 Å². The van der Waals surface area contributed by atoms with E-state index in [0.29, 0.717) is 0 Å². The van der Waals surface area contributed by atoms with Gasteiger partial charge in [-0.25, -0.2) is 0 Å². The lowest BCUT2D eigenvalue weighted by atomic mass is 10.7. The normalized spacial score (nSPS) is 30.7. The molecule has 4 heterocycles. The second-order valence-corrected chi connectivity index (χ2v) is 86.7. The molecule has 0 radical (unpaired) electrons. The molecule has 0 aromatic rings. The van der Waals surface area contributed by atoms with Crippen molar-refractivity contribution in [3.05, 3.63) is 0 Å². The van der Waals surface area contributed by atoms with E-state index in [1.54, 1.807) is 0 Å². The summed E-state index contributed by atoms with van der Waals surface area (Å²) in [4.78, 5) is 0. The Labute approximate surface area is 410 Å². The predicted molar refractivity (Wildman–Crippen MR) is 332 cm³/mol. The monoisotopic (exact) mass is 1180 g/mol. The van der Waals surface area contributed by atoms with Crippen LogP contribution in [0.25, 0.3) is 0 Å². The Hall–Kier alpha value is 4.39. The van der Waals surface area contributed by atoms with Gasteiger partial charge in [-0.3, -0.25) is 0 Å². The average Bonchev–Trinajstić information content (AvgIpc) is 3.21. The Kier molecular flexibility index (Phi) is 38.0. The van der Waals surface area contributed by atoms with Gasteiger partial charge in [0.1, 0.15) is 59.1 Å². The van der Waals surface area contributed by atoms with Crippen LogP contribution in [0.5, 0.6) is 0 Å². The minimum absolute atomic E-state index is 0.00388. The van der Waals surface area contributed by atoms with Crippen molar-refractivity contribution in [2.75, 3.05) is 46.2 Å². The van der Waals surface area contributed by atoms with E-state index in [0.717, 1.165) is 0 Å². The molecule has 0 bridgehead atoms. The summed E-state index contributed by atoms with van der Waals surface area (Å²) < 4.78 is 43.5. The molecule has 0 aromatic heterocycles. The molecule has 0 amide bonds. The summed E-state index contributed by atoms with van der Waals surface area (Å²) in [5.41, 5.74) is 0. The van der Waals surface area contributed by atoms with Crippen LogP contribution in [0, 0.1) is 0 Å². The summed E-state index contributed by atoms with van der Waals surface area (Å²) in [5.74, 6) is 0. The summed E-state index contributed by atoms with van der Waals surface area (Å²) in [7, 11) is 5.68. The van der Waals surface area contributed by atoms with Crippen LogP contribution in [-0.4, -0.2) is 335 Å². The highest BCUT2D eigenvalue weighted by atomic mass is 28.4. The molecule has 38 heteroatoms. The Morgan fingerprint density at radius 3 is 0.789 bits per heavy atom. The molecule has 0 saturated carbocycles. The molecule has 342 valence electrons. The third-order valence-electron chi connectivity index (χ3n) is 11.6. The molecule has 4 saturated heterocycles. The number of hydrogen-bond donors (Lipinski definition) is 0. The van der Waals surface area contributed by atoms with Gasteiger partial charge in [0.15, 0.2) is 59.1 Å². The van der Waals surface area contributed by atoms with E-state index in [4.69, 9.17) is 0 Å². The summed E-state index contributed by atoms with van der Waals surface area (Å²) in [6, 6.07) is 0. The first kappa shape index (κ1) is 59.4. The van der Waals surface area contributed by atoms with Crippen LogP contribution in [0.4, 0.5) is 0 Å². The smallest absolute Gasteiger partial charge is 0.160 e. The van der Waals surface area contributed by atoms with Crippen LogP contribution in [0.15, 0.2) is 0 Å². The van der Waals surface area contributed by atoms with Crippen molar-refractivity contribution in [1.29, 1.82) is 0 Å². The number of hydrogen-bond acceptors (Lipinski definition) is 15. The van der Waals surface area contributed by atoms with Crippen molar-refractivity contribution in [3.8, 4) is 0 Å². The van der Waals surface area contributed by atoms with Crippen molar-refractivity contribution in [1.82, 2.24) is 61.8 Å². The molecule has 0 unspecified atom stereocenters.